The lowest BCUT2D eigenvalue weighted by Gasteiger charge is -2.35. The molecule has 1 aromatic rings. The largest absolute Gasteiger partial charge is 0.396 e. The summed E-state index contributed by atoms with van der Waals surface area (Å²) in [4.78, 5) is 10.8. The van der Waals surface area contributed by atoms with Crippen LogP contribution in [0.5, 0.6) is 0 Å². The first-order chi connectivity index (χ1) is 9.58. The molecule has 6 heteroatoms. The SMILES string of the molecule is Cc1cccc(NCC2(CO)CCOCC2)c1[N+](=O)[O-]. The number of benzene rings is 1. The predicted octanol–water partition coefficient (Wildman–Crippen LogP) is 2.10. The number of nitrogens with one attached hydrogen (secondary N) is 1. The number of hydrogen-bond acceptors (Lipinski definition) is 5. The van der Waals surface area contributed by atoms with Gasteiger partial charge in [0.1, 0.15) is 5.69 Å². The van der Waals surface area contributed by atoms with Crippen LogP contribution < -0.4 is 5.32 Å². The molecule has 1 heterocycles. The minimum atomic E-state index is -0.368. The van der Waals surface area contributed by atoms with Crippen molar-refractivity contribution < 1.29 is 14.8 Å². The van der Waals surface area contributed by atoms with Gasteiger partial charge in [0, 0.05) is 30.7 Å². The van der Waals surface area contributed by atoms with Crippen LogP contribution in [0.25, 0.3) is 0 Å². The molecule has 0 aliphatic carbocycles. The molecule has 0 bridgehead atoms. The van der Waals surface area contributed by atoms with E-state index in [4.69, 9.17) is 4.74 Å². The van der Waals surface area contributed by atoms with E-state index in [-0.39, 0.29) is 22.6 Å². The summed E-state index contributed by atoms with van der Waals surface area (Å²) in [6.45, 7) is 3.54. The Morgan fingerprint density at radius 1 is 1.45 bits per heavy atom. The lowest BCUT2D eigenvalue weighted by atomic mass is 9.81. The molecule has 2 rings (SSSR count). The summed E-state index contributed by atoms with van der Waals surface area (Å²) in [6.07, 6.45) is 1.52. The van der Waals surface area contributed by atoms with Gasteiger partial charge >= 0.3 is 0 Å². The van der Waals surface area contributed by atoms with E-state index in [9.17, 15) is 15.2 Å². The van der Waals surface area contributed by atoms with Gasteiger partial charge in [0.15, 0.2) is 0 Å². The molecular formula is C14H20N2O4. The monoisotopic (exact) mass is 280 g/mol. The van der Waals surface area contributed by atoms with Crippen molar-refractivity contribution >= 4 is 11.4 Å². The summed E-state index contributed by atoms with van der Waals surface area (Å²) in [7, 11) is 0. The second kappa shape index (κ2) is 6.19. The molecule has 0 amide bonds. The molecule has 0 aromatic heterocycles. The first-order valence-corrected chi connectivity index (χ1v) is 6.74. The van der Waals surface area contributed by atoms with Crippen molar-refractivity contribution in [2.75, 3.05) is 31.7 Å². The molecule has 1 aromatic carbocycles. The van der Waals surface area contributed by atoms with Crippen molar-refractivity contribution in [1.82, 2.24) is 0 Å². The van der Waals surface area contributed by atoms with Gasteiger partial charge in [-0.2, -0.15) is 0 Å². The van der Waals surface area contributed by atoms with Crippen molar-refractivity contribution in [2.24, 2.45) is 5.41 Å². The number of nitro benzene ring substituents is 1. The van der Waals surface area contributed by atoms with Crippen LogP contribution in [0.15, 0.2) is 18.2 Å². The molecule has 0 radical (unpaired) electrons. The quantitative estimate of drug-likeness (QED) is 0.637. The van der Waals surface area contributed by atoms with Gasteiger partial charge in [-0.05, 0) is 25.8 Å². The Kier molecular flexibility index (Phi) is 4.57. The number of rotatable bonds is 5. The zero-order valence-corrected chi connectivity index (χ0v) is 11.6. The summed E-state index contributed by atoms with van der Waals surface area (Å²) in [5.41, 5.74) is 0.988. The number of aliphatic hydroxyl groups excluding tert-OH is 1. The molecule has 1 aliphatic heterocycles. The fourth-order valence-electron chi connectivity index (χ4n) is 2.52. The zero-order valence-electron chi connectivity index (χ0n) is 11.6. The Hall–Kier alpha value is -1.66. The number of aliphatic hydroxyl groups is 1. The number of ether oxygens (including phenoxy) is 1. The first-order valence-electron chi connectivity index (χ1n) is 6.74. The molecular weight excluding hydrogens is 260 g/mol. The summed E-state index contributed by atoms with van der Waals surface area (Å²) in [5, 5.41) is 23.9. The van der Waals surface area contributed by atoms with Gasteiger partial charge < -0.3 is 15.2 Å². The van der Waals surface area contributed by atoms with Crippen LogP contribution in [0.1, 0.15) is 18.4 Å². The van der Waals surface area contributed by atoms with Crippen molar-refractivity contribution in [3.8, 4) is 0 Å². The third-order valence-electron chi connectivity index (χ3n) is 3.96. The predicted molar refractivity (Wildman–Crippen MR) is 75.9 cm³/mol. The Bertz CT molecular complexity index is 484. The minimum absolute atomic E-state index is 0.0585. The van der Waals surface area contributed by atoms with Crippen molar-refractivity contribution in [2.45, 2.75) is 19.8 Å². The van der Waals surface area contributed by atoms with Gasteiger partial charge in [0.2, 0.25) is 0 Å². The number of hydrogen-bond donors (Lipinski definition) is 2. The van der Waals surface area contributed by atoms with E-state index in [1.807, 2.05) is 0 Å². The van der Waals surface area contributed by atoms with Crippen LogP contribution in [0.4, 0.5) is 11.4 Å². The molecule has 1 aliphatic rings. The molecule has 0 unspecified atom stereocenters. The maximum atomic E-state index is 11.1. The minimum Gasteiger partial charge on any atom is -0.396 e. The van der Waals surface area contributed by atoms with E-state index in [2.05, 4.69) is 5.32 Å². The number of para-hydroxylation sites is 1. The Balaban J connectivity index is 2.14. The number of nitrogens with zero attached hydrogens (tertiary/aromatic N) is 1. The first kappa shape index (κ1) is 14.7. The molecule has 0 atom stereocenters. The highest BCUT2D eigenvalue weighted by Crippen LogP contribution is 2.33. The number of anilines is 1. The number of aryl methyl sites for hydroxylation is 1. The smallest absolute Gasteiger partial charge is 0.295 e. The van der Waals surface area contributed by atoms with E-state index in [1.54, 1.807) is 25.1 Å². The lowest BCUT2D eigenvalue weighted by molar-refractivity contribution is -0.384. The molecule has 2 N–H and O–H groups in total. The fourth-order valence-corrected chi connectivity index (χ4v) is 2.52. The average Bonchev–Trinajstić information content (AvgIpc) is 2.45. The van der Waals surface area contributed by atoms with E-state index in [1.165, 1.54) is 0 Å². The normalized spacial score (nSPS) is 17.7. The van der Waals surface area contributed by atoms with Crippen LogP contribution >= 0.6 is 0 Å². The highest BCUT2D eigenvalue weighted by molar-refractivity contribution is 5.65. The van der Waals surface area contributed by atoms with Crippen LogP contribution in [0.3, 0.4) is 0 Å². The van der Waals surface area contributed by atoms with E-state index in [0.717, 1.165) is 12.8 Å². The Morgan fingerprint density at radius 3 is 2.75 bits per heavy atom. The summed E-state index contributed by atoms with van der Waals surface area (Å²) in [6, 6.07) is 5.22. The molecule has 0 saturated carbocycles. The van der Waals surface area contributed by atoms with Crippen LogP contribution in [-0.4, -0.2) is 36.4 Å². The second-order valence-corrected chi connectivity index (χ2v) is 5.35. The van der Waals surface area contributed by atoms with Gasteiger partial charge in [-0.25, -0.2) is 0 Å². The molecule has 1 fully saturated rings. The van der Waals surface area contributed by atoms with E-state index < -0.39 is 0 Å². The summed E-state index contributed by atoms with van der Waals surface area (Å²) < 4.78 is 5.31. The van der Waals surface area contributed by atoms with Crippen molar-refractivity contribution in [3.05, 3.63) is 33.9 Å². The average molecular weight is 280 g/mol. The maximum absolute atomic E-state index is 11.1. The topological polar surface area (TPSA) is 84.6 Å². The third kappa shape index (κ3) is 3.08. The Labute approximate surface area is 117 Å². The maximum Gasteiger partial charge on any atom is 0.295 e. The van der Waals surface area contributed by atoms with Crippen LogP contribution in [0.2, 0.25) is 0 Å². The zero-order chi connectivity index (χ0) is 14.6. The van der Waals surface area contributed by atoms with E-state index >= 15 is 0 Å². The second-order valence-electron chi connectivity index (χ2n) is 5.35. The van der Waals surface area contributed by atoms with Crippen LogP contribution in [0, 0.1) is 22.5 Å². The van der Waals surface area contributed by atoms with Gasteiger partial charge in [0.25, 0.3) is 5.69 Å². The van der Waals surface area contributed by atoms with Crippen molar-refractivity contribution in [3.63, 3.8) is 0 Å². The molecule has 20 heavy (non-hydrogen) atoms. The molecule has 6 nitrogen and oxygen atoms in total. The van der Waals surface area contributed by atoms with Crippen LogP contribution in [-0.2, 0) is 4.74 Å². The van der Waals surface area contributed by atoms with Gasteiger partial charge in [0.05, 0.1) is 11.5 Å². The molecule has 110 valence electrons. The highest BCUT2D eigenvalue weighted by Gasteiger charge is 2.32. The summed E-state index contributed by atoms with van der Waals surface area (Å²) in [5.74, 6) is 0. The van der Waals surface area contributed by atoms with Crippen molar-refractivity contribution in [1.29, 1.82) is 0 Å². The summed E-state index contributed by atoms with van der Waals surface area (Å²) >= 11 is 0. The van der Waals surface area contributed by atoms with E-state index in [0.29, 0.717) is 31.0 Å². The molecule has 1 saturated heterocycles. The molecule has 0 spiro atoms. The lowest BCUT2D eigenvalue weighted by Crippen LogP contribution is -2.39. The van der Waals surface area contributed by atoms with Gasteiger partial charge in [-0.3, -0.25) is 10.1 Å². The Morgan fingerprint density at radius 2 is 2.15 bits per heavy atom. The fraction of sp³-hybridized carbons (Fsp3) is 0.571. The standard InChI is InChI=1S/C14H20N2O4/c1-11-3-2-4-12(13(11)16(18)19)15-9-14(10-17)5-7-20-8-6-14/h2-4,15,17H,5-10H2,1H3. The highest BCUT2D eigenvalue weighted by atomic mass is 16.6. The third-order valence-corrected chi connectivity index (χ3v) is 3.96. The van der Waals surface area contributed by atoms with Gasteiger partial charge in [-0.15, -0.1) is 0 Å². The van der Waals surface area contributed by atoms with Gasteiger partial charge in [-0.1, -0.05) is 12.1 Å². The number of nitro groups is 1.